The van der Waals surface area contributed by atoms with E-state index in [9.17, 15) is 14.4 Å². The first-order valence-corrected chi connectivity index (χ1v) is 14.5. The summed E-state index contributed by atoms with van der Waals surface area (Å²) in [6.45, 7) is 12.3. The number of unbranched alkanes of at least 4 members (excludes halogenated alkanes) is 5. The third-order valence-corrected chi connectivity index (χ3v) is 6.65. The van der Waals surface area contributed by atoms with Gasteiger partial charge in [-0.15, -0.1) is 0 Å². The Bertz CT molecular complexity index is 1430. The topological polar surface area (TPSA) is 112 Å². The Morgan fingerprint density at radius 1 is 0.805 bits per heavy atom. The highest BCUT2D eigenvalue weighted by Gasteiger charge is 2.32. The van der Waals surface area contributed by atoms with Gasteiger partial charge in [0, 0.05) is 35.3 Å². The fraction of sp³-hybridized carbons (Fsp3) is 0.500. The minimum atomic E-state index is -0.670. The summed E-state index contributed by atoms with van der Waals surface area (Å²) < 4.78 is 12.1. The second-order valence-electron chi connectivity index (χ2n) is 12.5. The number of ether oxygens (including phenoxy) is 2. The molecule has 0 spiro atoms. The summed E-state index contributed by atoms with van der Waals surface area (Å²) in [5.74, 6) is -0.0788. The number of rotatable bonds is 10. The van der Waals surface area contributed by atoms with Gasteiger partial charge in [0.25, 0.3) is 0 Å². The summed E-state index contributed by atoms with van der Waals surface area (Å²) in [5.41, 5.74) is 2.63. The Balaban J connectivity index is 1.32. The van der Waals surface area contributed by atoms with Gasteiger partial charge in [-0.05, 0) is 66.5 Å². The van der Waals surface area contributed by atoms with Crippen molar-refractivity contribution in [3.63, 3.8) is 0 Å². The number of fused-ring (bicyclic) bond motifs is 2. The molecule has 1 amide bonds. The number of nitrogens with zero attached hydrogens (tertiary/aromatic N) is 2. The van der Waals surface area contributed by atoms with Crippen LogP contribution in [0.25, 0.3) is 22.2 Å². The van der Waals surface area contributed by atoms with E-state index in [2.05, 4.69) is 15.7 Å². The third-order valence-electron chi connectivity index (χ3n) is 6.65. The lowest BCUT2D eigenvalue weighted by Crippen LogP contribution is -2.32. The first kappa shape index (κ1) is 30.1. The smallest absolute Gasteiger partial charge is 0.435 e. The van der Waals surface area contributed by atoms with Gasteiger partial charge in [-0.2, -0.15) is 9.78 Å². The summed E-state index contributed by atoms with van der Waals surface area (Å²) in [6.07, 6.45) is 5.28. The number of hydrogen-bond acceptors (Lipinski definition) is 7. The van der Waals surface area contributed by atoms with Crippen LogP contribution in [0.3, 0.4) is 0 Å². The molecule has 0 atom stereocenters. The van der Waals surface area contributed by atoms with Crippen LogP contribution < -0.4 is 10.6 Å². The highest BCUT2D eigenvalue weighted by Crippen LogP contribution is 2.41. The van der Waals surface area contributed by atoms with E-state index in [1.165, 1.54) is 4.68 Å². The molecule has 41 heavy (non-hydrogen) atoms. The summed E-state index contributed by atoms with van der Waals surface area (Å²) >= 11 is 0. The van der Waals surface area contributed by atoms with Gasteiger partial charge in [0.1, 0.15) is 16.9 Å². The van der Waals surface area contributed by atoms with E-state index in [1.54, 1.807) is 18.2 Å². The molecule has 1 aliphatic rings. The molecule has 2 N–H and O–H groups in total. The number of alkyl carbamates (subject to hydrolysis) is 1. The quantitative estimate of drug-likeness (QED) is 0.195. The zero-order valence-corrected chi connectivity index (χ0v) is 25.1. The maximum absolute atomic E-state index is 13.7. The van der Waals surface area contributed by atoms with Gasteiger partial charge in [0.2, 0.25) is 0 Å². The molecule has 3 aromatic rings. The predicted molar refractivity (Wildman–Crippen MR) is 161 cm³/mol. The maximum atomic E-state index is 13.7. The number of nitrogens with one attached hydrogen (secondary N) is 2. The van der Waals surface area contributed by atoms with E-state index in [-0.39, 0.29) is 11.9 Å². The number of aromatic nitrogens is 2. The summed E-state index contributed by atoms with van der Waals surface area (Å²) in [6, 6.07) is 11.1. The van der Waals surface area contributed by atoms with Gasteiger partial charge in [-0.25, -0.2) is 9.59 Å². The first-order valence-electron chi connectivity index (χ1n) is 14.5. The van der Waals surface area contributed by atoms with Crippen molar-refractivity contribution in [3.05, 3.63) is 47.5 Å². The van der Waals surface area contributed by atoms with Crippen LogP contribution in [-0.2, 0) is 9.47 Å². The molecular weight excluding hydrogens is 520 g/mol. The van der Waals surface area contributed by atoms with Gasteiger partial charge >= 0.3 is 12.2 Å². The Labute approximate surface area is 242 Å². The van der Waals surface area contributed by atoms with Crippen molar-refractivity contribution in [2.24, 2.45) is 0 Å². The molecule has 0 fully saturated rings. The molecule has 2 aromatic carbocycles. The van der Waals surface area contributed by atoms with Gasteiger partial charge in [0.05, 0.1) is 11.1 Å². The average Bonchev–Trinajstić information content (AvgIpc) is 3.27. The van der Waals surface area contributed by atoms with Crippen LogP contribution in [-0.4, -0.2) is 52.0 Å². The number of benzene rings is 2. The monoisotopic (exact) mass is 562 g/mol. The minimum absolute atomic E-state index is 0.0788. The lowest BCUT2D eigenvalue weighted by atomic mass is 9.86. The lowest BCUT2D eigenvalue weighted by Gasteiger charge is -2.19. The van der Waals surface area contributed by atoms with Crippen molar-refractivity contribution < 1.29 is 23.9 Å². The number of anilines is 1. The SMILES string of the molecule is CC(C)(C)OC(=O)NCCCCCCCCNc1cccc2c1C(=O)c1cccc3c1c-2nn3C(=O)OC(C)(C)C. The van der Waals surface area contributed by atoms with Crippen LogP contribution in [0.5, 0.6) is 0 Å². The van der Waals surface area contributed by atoms with Gasteiger partial charge in [0.15, 0.2) is 5.78 Å². The molecule has 220 valence electrons. The van der Waals surface area contributed by atoms with E-state index >= 15 is 0 Å². The Morgan fingerprint density at radius 3 is 2.10 bits per heavy atom. The fourth-order valence-electron chi connectivity index (χ4n) is 4.95. The summed E-state index contributed by atoms with van der Waals surface area (Å²) in [7, 11) is 0. The second kappa shape index (κ2) is 12.3. The molecule has 4 rings (SSSR count). The molecule has 0 bridgehead atoms. The molecule has 1 aromatic heterocycles. The molecule has 1 aliphatic carbocycles. The van der Waals surface area contributed by atoms with Gasteiger partial charge in [-0.3, -0.25) is 4.79 Å². The van der Waals surface area contributed by atoms with E-state index < -0.39 is 17.3 Å². The molecule has 0 aliphatic heterocycles. The number of amides is 1. The highest BCUT2D eigenvalue weighted by atomic mass is 16.6. The van der Waals surface area contributed by atoms with Crippen molar-refractivity contribution >= 4 is 34.6 Å². The summed E-state index contributed by atoms with van der Waals surface area (Å²) in [5, 5.41) is 11.6. The highest BCUT2D eigenvalue weighted by molar-refractivity contribution is 6.27. The first-order chi connectivity index (χ1) is 19.4. The number of ketones is 1. The normalized spacial score (nSPS) is 12.7. The molecule has 0 saturated carbocycles. The molecular formula is C32H42N4O5. The maximum Gasteiger partial charge on any atom is 0.435 e. The Hall–Kier alpha value is -3.88. The van der Waals surface area contributed by atoms with Crippen molar-refractivity contribution in [1.82, 2.24) is 15.1 Å². The minimum Gasteiger partial charge on any atom is -0.444 e. The van der Waals surface area contributed by atoms with Gasteiger partial charge < -0.3 is 20.1 Å². The van der Waals surface area contributed by atoms with Crippen LogP contribution in [0, 0.1) is 0 Å². The second-order valence-corrected chi connectivity index (χ2v) is 12.5. The Morgan fingerprint density at radius 2 is 1.41 bits per heavy atom. The lowest BCUT2D eigenvalue weighted by molar-refractivity contribution is 0.0513. The van der Waals surface area contributed by atoms with E-state index in [4.69, 9.17) is 9.47 Å². The number of carbonyl (C=O) groups is 3. The van der Waals surface area contributed by atoms with Crippen LogP contribution in [0.4, 0.5) is 15.3 Å². The zero-order chi connectivity index (χ0) is 29.8. The molecule has 0 saturated heterocycles. The van der Waals surface area contributed by atoms with Crippen molar-refractivity contribution in [2.75, 3.05) is 18.4 Å². The van der Waals surface area contributed by atoms with E-state index in [0.717, 1.165) is 50.8 Å². The fourth-order valence-corrected chi connectivity index (χ4v) is 4.95. The average molecular weight is 563 g/mol. The standard InChI is InChI=1S/C32H42N4O5/c1-31(2,3)40-29(38)34-20-12-10-8-7-9-11-19-33-23-17-13-15-21-25(23)28(37)22-16-14-18-24-26(22)27(21)35-36(24)30(39)41-32(4,5)6/h13-18,33H,7-12,19-20H2,1-6H3,(H,34,38). The van der Waals surface area contributed by atoms with Crippen LogP contribution in [0.1, 0.15) is 96.0 Å². The third kappa shape index (κ3) is 7.45. The molecule has 9 nitrogen and oxygen atoms in total. The van der Waals surface area contributed by atoms with Crippen molar-refractivity contribution in [2.45, 2.75) is 91.3 Å². The molecule has 1 heterocycles. The zero-order valence-electron chi connectivity index (χ0n) is 25.1. The van der Waals surface area contributed by atoms with Crippen molar-refractivity contribution in [3.8, 4) is 11.3 Å². The molecule has 0 unspecified atom stereocenters. The van der Waals surface area contributed by atoms with E-state index in [1.807, 2.05) is 59.7 Å². The number of carbonyl (C=O) groups excluding carboxylic acids is 3. The summed E-state index contributed by atoms with van der Waals surface area (Å²) in [4.78, 5) is 38.3. The van der Waals surface area contributed by atoms with Crippen molar-refractivity contribution in [1.29, 1.82) is 0 Å². The Kier molecular flexibility index (Phi) is 9.05. The molecule has 9 heteroatoms. The largest absolute Gasteiger partial charge is 0.444 e. The van der Waals surface area contributed by atoms with E-state index in [0.29, 0.717) is 39.8 Å². The van der Waals surface area contributed by atoms with Gasteiger partial charge in [-0.1, -0.05) is 49.9 Å². The predicted octanol–water partition coefficient (Wildman–Crippen LogP) is 7.31. The van der Waals surface area contributed by atoms with Crippen LogP contribution in [0.15, 0.2) is 36.4 Å². The van der Waals surface area contributed by atoms with Crippen LogP contribution >= 0.6 is 0 Å². The molecule has 0 radical (unpaired) electrons. The number of hydrogen-bond donors (Lipinski definition) is 2. The van der Waals surface area contributed by atoms with Crippen LogP contribution in [0.2, 0.25) is 0 Å².